The molecule has 4 aliphatic carbocycles. The molecule has 21 heavy (non-hydrogen) atoms. The van der Waals surface area contributed by atoms with Gasteiger partial charge in [-0.3, -0.25) is 9.59 Å². The Labute approximate surface area is 126 Å². The molecule has 2 heteroatoms. The zero-order valence-electron chi connectivity index (χ0n) is 13.0. The summed E-state index contributed by atoms with van der Waals surface area (Å²) >= 11 is 0. The average Bonchev–Trinajstić information content (AvgIpc) is 2.76. The summed E-state index contributed by atoms with van der Waals surface area (Å²) in [7, 11) is 0. The molecule has 0 N–H and O–H groups in total. The van der Waals surface area contributed by atoms with Gasteiger partial charge in [-0.05, 0) is 62.0 Å². The summed E-state index contributed by atoms with van der Waals surface area (Å²) in [4.78, 5) is 24.0. The summed E-state index contributed by atoms with van der Waals surface area (Å²) in [5.41, 5.74) is 1.35. The van der Waals surface area contributed by atoms with E-state index in [2.05, 4.69) is 19.9 Å². The van der Waals surface area contributed by atoms with Crippen LogP contribution in [-0.2, 0) is 9.59 Å². The van der Waals surface area contributed by atoms with Crippen molar-refractivity contribution in [2.75, 3.05) is 0 Å². The predicted molar refractivity (Wildman–Crippen MR) is 81.6 cm³/mol. The fourth-order valence-corrected chi connectivity index (χ4v) is 5.97. The largest absolute Gasteiger partial charge is 0.299 e. The zero-order valence-corrected chi connectivity index (χ0v) is 13.0. The quantitative estimate of drug-likeness (QED) is 0.677. The summed E-state index contributed by atoms with van der Waals surface area (Å²) in [6.07, 6.45) is 12.1. The van der Waals surface area contributed by atoms with Crippen LogP contribution in [0.1, 0.15) is 52.4 Å². The minimum absolute atomic E-state index is 0.0487. The molecule has 2 nitrogen and oxygen atoms in total. The highest BCUT2D eigenvalue weighted by atomic mass is 16.1. The molecule has 3 fully saturated rings. The lowest BCUT2D eigenvalue weighted by molar-refractivity contribution is -0.131. The van der Waals surface area contributed by atoms with Gasteiger partial charge in [-0.2, -0.15) is 0 Å². The third-order valence-electron chi connectivity index (χ3n) is 7.27. The molecule has 0 amide bonds. The molecule has 4 rings (SSSR count). The van der Waals surface area contributed by atoms with Crippen LogP contribution in [0, 0.1) is 28.6 Å². The molecule has 3 saturated carbocycles. The summed E-state index contributed by atoms with van der Waals surface area (Å²) in [6, 6.07) is 0. The van der Waals surface area contributed by atoms with Gasteiger partial charge in [0.15, 0.2) is 5.78 Å². The van der Waals surface area contributed by atoms with Gasteiger partial charge < -0.3 is 0 Å². The Balaban J connectivity index is 1.72. The van der Waals surface area contributed by atoms with Gasteiger partial charge in [0, 0.05) is 17.3 Å². The molecule has 0 spiro atoms. The summed E-state index contributed by atoms with van der Waals surface area (Å²) in [5, 5.41) is 0. The lowest BCUT2D eigenvalue weighted by atomic mass is 9.48. The Morgan fingerprint density at radius 1 is 1.05 bits per heavy atom. The lowest BCUT2D eigenvalue weighted by Crippen LogP contribution is -2.49. The fraction of sp³-hybridized carbons (Fsp3) is 0.684. The van der Waals surface area contributed by atoms with Crippen LogP contribution in [0.25, 0.3) is 0 Å². The van der Waals surface area contributed by atoms with E-state index in [1.54, 1.807) is 6.08 Å². The predicted octanol–water partition coefficient (Wildman–Crippen LogP) is 3.86. The van der Waals surface area contributed by atoms with Crippen LogP contribution >= 0.6 is 0 Å². The number of fused-ring (bicyclic) bond motifs is 5. The van der Waals surface area contributed by atoms with E-state index in [0.29, 0.717) is 23.5 Å². The third kappa shape index (κ3) is 1.65. The molecule has 2 unspecified atom stereocenters. The molecular formula is C19H24O2. The highest BCUT2D eigenvalue weighted by molar-refractivity contribution is 6.01. The number of hydrogen-bond donors (Lipinski definition) is 0. The van der Waals surface area contributed by atoms with Crippen molar-refractivity contribution in [3.8, 4) is 0 Å². The van der Waals surface area contributed by atoms with Crippen molar-refractivity contribution in [3.05, 3.63) is 23.8 Å². The van der Waals surface area contributed by atoms with E-state index >= 15 is 0 Å². The van der Waals surface area contributed by atoms with Crippen molar-refractivity contribution >= 4 is 11.6 Å². The van der Waals surface area contributed by atoms with Gasteiger partial charge in [0.25, 0.3) is 0 Å². The van der Waals surface area contributed by atoms with Crippen molar-refractivity contribution in [2.24, 2.45) is 28.6 Å². The average molecular weight is 284 g/mol. The first-order chi connectivity index (χ1) is 9.95. The van der Waals surface area contributed by atoms with Gasteiger partial charge in [0.1, 0.15) is 5.78 Å². The molecule has 0 heterocycles. The molecule has 0 aliphatic heterocycles. The minimum Gasteiger partial charge on any atom is -0.299 e. The van der Waals surface area contributed by atoms with E-state index in [1.165, 1.54) is 12.0 Å². The van der Waals surface area contributed by atoms with E-state index in [1.807, 2.05) is 6.08 Å². The van der Waals surface area contributed by atoms with Gasteiger partial charge in [0.05, 0.1) is 0 Å². The van der Waals surface area contributed by atoms with Crippen LogP contribution in [0.5, 0.6) is 0 Å². The third-order valence-corrected chi connectivity index (χ3v) is 7.27. The molecular weight excluding hydrogens is 260 g/mol. The minimum atomic E-state index is -0.0487. The second-order valence-corrected chi connectivity index (χ2v) is 8.02. The molecule has 0 aromatic rings. The Hall–Kier alpha value is -1.18. The van der Waals surface area contributed by atoms with Crippen LogP contribution in [0.15, 0.2) is 23.8 Å². The molecule has 0 aromatic heterocycles. The standard InChI is InChI=1S/C19H24O2/c1-18-9-7-13(20)11-12(18)3-4-14-15-5-6-17(21)19(15,2)10-8-16(14)18/h7,9,11,14-16H,3-6,8,10H2,1-2H3/t14-,15?,16?,18-,19-/m0/s1. The fourth-order valence-electron chi connectivity index (χ4n) is 5.97. The number of carbonyl (C=O) groups excluding carboxylic acids is 2. The van der Waals surface area contributed by atoms with Crippen LogP contribution in [0.3, 0.4) is 0 Å². The Morgan fingerprint density at radius 2 is 1.86 bits per heavy atom. The number of ketones is 2. The van der Waals surface area contributed by atoms with Gasteiger partial charge in [-0.1, -0.05) is 25.5 Å². The highest BCUT2D eigenvalue weighted by Crippen LogP contribution is 2.63. The first-order valence-electron chi connectivity index (χ1n) is 8.43. The molecule has 0 radical (unpaired) electrons. The van der Waals surface area contributed by atoms with Crippen molar-refractivity contribution in [1.29, 1.82) is 0 Å². The molecule has 112 valence electrons. The van der Waals surface area contributed by atoms with Gasteiger partial charge in [-0.15, -0.1) is 0 Å². The van der Waals surface area contributed by atoms with Crippen LogP contribution < -0.4 is 0 Å². The van der Waals surface area contributed by atoms with E-state index in [9.17, 15) is 9.59 Å². The smallest absolute Gasteiger partial charge is 0.178 e. The van der Waals surface area contributed by atoms with Gasteiger partial charge in [0.2, 0.25) is 0 Å². The topological polar surface area (TPSA) is 34.1 Å². The lowest BCUT2D eigenvalue weighted by Gasteiger charge is -2.55. The summed E-state index contributed by atoms with van der Waals surface area (Å²) in [6.45, 7) is 4.54. The maximum atomic E-state index is 12.3. The van der Waals surface area contributed by atoms with Crippen LogP contribution in [0.2, 0.25) is 0 Å². The maximum absolute atomic E-state index is 12.3. The highest BCUT2D eigenvalue weighted by Gasteiger charge is 2.58. The number of hydrogen-bond acceptors (Lipinski definition) is 2. The molecule has 0 aromatic carbocycles. The van der Waals surface area contributed by atoms with Crippen molar-refractivity contribution in [2.45, 2.75) is 52.4 Å². The first kappa shape index (κ1) is 13.5. The van der Waals surface area contributed by atoms with E-state index in [-0.39, 0.29) is 16.6 Å². The summed E-state index contributed by atoms with van der Waals surface area (Å²) < 4.78 is 0. The second kappa shape index (κ2) is 4.18. The van der Waals surface area contributed by atoms with Crippen molar-refractivity contribution in [3.63, 3.8) is 0 Å². The zero-order chi connectivity index (χ0) is 14.8. The van der Waals surface area contributed by atoms with E-state index in [4.69, 9.17) is 0 Å². The normalized spacial score (nSPS) is 48.5. The van der Waals surface area contributed by atoms with Gasteiger partial charge in [-0.25, -0.2) is 0 Å². The number of rotatable bonds is 0. The number of allylic oxidation sites excluding steroid dienone is 4. The van der Waals surface area contributed by atoms with Crippen LogP contribution in [0.4, 0.5) is 0 Å². The van der Waals surface area contributed by atoms with Gasteiger partial charge >= 0.3 is 0 Å². The Morgan fingerprint density at radius 3 is 2.67 bits per heavy atom. The Bertz CT molecular complexity index is 584. The van der Waals surface area contributed by atoms with Crippen LogP contribution in [-0.4, -0.2) is 11.6 Å². The second-order valence-electron chi connectivity index (χ2n) is 8.02. The molecule has 0 saturated heterocycles. The number of Topliss-reactive ketones (excluding diaryl/α,β-unsaturated/α-hetero) is 1. The monoisotopic (exact) mass is 284 g/mol. The molecule has 0 bridgehead atoms. The van der Waals surface area contributed by atoms with E-state index in [0.717, 1.165) is 32.1 Å². The van der Waals surface area contributed by atoms with E-state index < -0.39 is 0 Å². The summed E-state index contributed by atoms with van der Waals surface area (Å²) in [5.74, 6) is 2.51. The first-order valence-corrected chi connectivity index (χ1v) is 8.43. The Kier molecular flexibility index (Phi) is 2.68. The van der Waals surface area contributed by atoms with Crippen molar-refractivity contribution in [1.82, 2.24) is 0 Å². The molecule has 5 atom stereocenters. The van der Waals surface area contributed by atoms with Crippen molar-refractivity contribution < 1.29 is 9.59 Å². The number of carbonyl (C=O) groups is 2. The maximum Gasteiger partial charge on any atom is 0.178 e. The SMILES string of the molecule is C[C@]12C=CC(=O)C=C1CC[C@@H]1C2CC[C@]2(C)C(=O)CCC12. The molecule has 4 aliphatic rings.